The zero-order valence-corrected chi connectivity index (χ0v) is 10.0. The fourth-order valence-electron chi connectivity index (χ4n) is 1.73. The molecule has 14 heavy (non-hydrogen) atoms. The lowest BCUT2D eigenvalue weighted by atomic mass is 10.2. The second-order valence-corrected chi connectivity index (χ2v) is 5.04. The van der Waals surface area contributed by atoms with Crippen molar-refractivity contribution in [3.63, 3.8) is 0 Å². The lowest BCUT2D eigenvalue weighted by Gasteiger charge is -2.16. The Hall–Kier alpha value is -0.640. The quantitative estimate of drug-likeness (QED) is 0.720. The minimum atomic E-state index is 0.581. The molecular weight excluding hydrogens is 242 g/mol. The van der Waals surface area contributed by atoms with Crippen molar-refractivity contribution in [3.05, 3.63) is 18.1 Å². The third-order valence-electron chi connectivity index (χ3n) is 2.61. The van der Waals surface area contributed by atoms with Gasteiger partial charge in [-0.1, -0.05) is 22.9 Å². The van der Waals surface area contributed by atoms with Gasteiger partial charge in [0, 0.05) is 24.1 Å². The maximum Gasteiger partial charge on any atom is 0.132 e. The molecule has 2 atom stereocenters. The minimum absolute atomic E-state index is 0.581. The third-order valence-corrected chi connectivity index (χ3v) is 3.80. The summed E-state index contributed by atoms with van der Waals surface area (Å²) in [5, 5.41) is 0. The molecule has 0 saturated carbocycles. The Kier molecular flexibility index (Phi) is 2.72. The topological polar surface area (TPSA) is 29.0 Å². The molecule has 0 aromatic carbocycles. The van der Waals surface area contributed by atoms with Crippen LogP contribution >= 0.6 is 15.9 Å². The van der Waals surface area contributed by atoms with Crippen LogP contribution in [-0.2, 0) is 0 Å². The van der Waals surface area contributed by atoms with Gasteiger partial charge in [-0.15, -0.1) is 0 Å². The fourth-order valence-corrected chi connectivity index (χ4v) is 2.25. The fraction of sp³-hybridized carbons (Fsp3) is 0.600. The van der Waals surface area contributed by atoms with Gasteiger partial charge in [-0.3, -0.25) is 0 Å². The highest BCUT2D eigenvalue weighted by molar-refractivity contribution is 9.09. The average molecular weight is 256 g/mol. The second-order valence-electron chi connectivity index (χ2n) is 3.86. The lowest BCUT2D eigenvalue weighted by molar-refractivity contribution is 0.678. The van der Waals surface area contributed by atoms with E-state index in [1.165, 1.54) is 0 Å². The molecule has 3 nitrogen and oxygen atoms in total. The summed E-state index contributed by atoms with van der Waals surface area (Å²) >= 11 is 3.67. The van der Waals surface area contributed by atoms with Gasteiger partial charge in [0.1, 0.15) is 11.6 Å². The Balaban J connectivity index is 2.17. The van der Waals surface area contributed by atoms with Crippen LogP contribution in [0.4, 0.5) is 5.82 Å². The summed E-state index contributed by atoms with van der Waals surface area (Å²) in [5.41, 5.74) is 0. The Labute approximate surface area is 92.7 Å². The van der Waals surface area contributed by atoms with Crippen LogP contribution in [-0.4, -0.2) is 27.9 Å². The normalized spacial score (nSPS) is 26.9. The molecule has 1 saturated heterocycles. The van der Waals surface area contributed by atoms with E-state index in [0.29, 0.717) is 10.7 Å². The Bertz CT molecular complexity index is 319. The van der Waals surface area contributed by atoms with Crippen molar-refractivity contribution in [3.8, 4) is 0 Å². The molecule has 0 amide bonds. The summed E-state index contributed by atoms with van der Waals surface area (Å²) < 4.78 is 0. The maximum atomic E-state index is 4.42. The SMILES string of the molecule is Cc1nccc(N2CC(C)C(Br)C2)n1. The summed E-state index contributed by atoms with van der Waals surface area (Å²) in [6.07, 6.45) is 1.82. The summed E-state index contributed by atoms with van der Waals surface area (Å²) in [7, 11) is 0. The van der Waals surface area contributed by atoms with E-state index in [4.69, 9.17) is 0 Å². The van der Waals surface area contributed by atoms with Crippen molar-refractivity contribution in [2.45, 2.75) is 18.7 Å². The number of anilines is 1. The van der Waals surface area contributed by atoms with Gasteiger partial charge in [-0.2, -0.15) is 0 Å². The number of rotatable bonds is 1. The molecule has 0 N–H and O–H groups in total. The highest BCUT2D eigenvalue weighted by Gasteiger charge is 2.28. The molecule has 1 aromatic rings. The average Bonchev–Trinajstić information content (AvgIpc) is 2.47. The van der Waals surface area contributed by atoms with Gasteiger partial charge in [0.15, 0.2) is 0 Å². The Morgan fingerprint density at radius 3 is 2.86 bits per heavy atom. The molecule has 0 radical (unpaired) electrons. The zero-order chi connectivity index (χ0) is 10.1. The zero-order valence-electron chi connectivity index (χ0n) is 8.44. The maximum absolute atomic E-state index is 4.42. The molecule has 2 heterocycles. The highest BCUT2D eigenvalue weighted by atomic mass is 79.9. The van der Waals surface area contributed by atoms with E-state index in [9.17, 15) is 0 Å². The largest absolute Gasteiger partial charge is 0.355 e. The highest BCUT2D eigenvalue weighted by Crippen LogP contribution is 2.26. The molecule has 2 rings (SSSR count). The van der Waals surface area contributed by atoms with Gasteiger partial charge in [0.25, 0.3) is 0 Å². The smallest absolute Gasteiger partial charge is 0.132 e. The Morgan fingerprint density at radius 2 is 2.29 bits per heavy atom. The van der Waals surface area contributed by atoms with Crippen molar-refractivity contribution < 1.29 is 0 Å². The first kappa shape index (κ1) is 9.90. The van der Waals surface area contributed by atoms with Crippen molar-refractivity contribution in [1.82, 2.24) is 9.97 Å². The summed E-state index contributed by atoms with van der Waals surface area (Å²) in [5.74, 6) is 2.57. The molecule has 0 spiro atoms. The van der Waals surface area contributed by atoms with E-state index in [0.717, 1.165) is 24.7 Å². The molecule has 1 aliphatic rings. The van der Waals surface area contributed by atoms with Crippen LogP contribution < -0.4 is 4.90 Å². The molecule has 1 fully saturated rings. The van der Waals surface area contributed by atoms with Crippen molar-refractivity contribution in [2.75, 3.05) is 18.0 Å². The monoisotopic (exact) mass is 255 g/mol. The summed E-state index contributed by atoms with van der Waals surface area (Å²) in [6.45, 7) is 6.30. The number of alkyl halides is 1. The molecular formula is C10H14BrN3. The van der Waals surface area contributed by atoms with E-state index in [-0.39, 0.29) is 0 Å². The molecule has 4 heteroatoms. The standard InChI is InChI=1S/C10H14BrN3/c1-7-5-14(6-9(7)11)10-3-4-12-8(2)13-10/h3-4,7,9H,5-6H2,1-2H3. The van der Waals surface area contributed by atoms with Crippen LogP contribution in [0, 0.1) is 12.8 Å². The van der Waals surface area contributed by atoms with Crippen LogP contribution in [0.2, 0.25) is 0 Å². The first-order chi connectivity index (χ1) is 6.66. The first-order valence-corrected chi connectivity index (χ1v) is 5.77. The van der Waals surface area contributed by atoms with E-state index >= 15 is 0 Å². The van der Waals surface area contributed by atoms with Crippen LogP contribution in [0.3, 0.4) is 0 Å². The van der Waals surface area contributed by atoms with Crippen LogP contribution in [0.15, 0.2) is 12.3 Å². The molecule has 0 bridgehead atoms. The second kappa shape index (κ2) is 3.85. The van der Waals surface area contributed by atoms with Crippen LogP contribution in [0.25, 0.3) is 0 Å². The number of aromatic nitrogens is 2. The molecule has 1 aromatic heterocycles. The summed E-state index contributed by atoms with van der Waals surface area (Å²) in [6, 6.07) is 1.98. The molecule has 76 valence electrons. The van der Waals surface area contributed by atoms with E-state index in [1.54, 1.807) is 0 Å². The van der Waals surface area contributed by atoms with E-state index in [1.807, 2.05) is 19.2 Å². The first-order valence-electron chi connectivity index (χ1n) is 4.85. The molecule has 1 aliphatic heterocycles. The predicted molar refractivity (Wildman–Crippen MR) is 60.9 cm³/mol. The summed E-state index contributed by atoms with van der Waals surface area (Å²) in [4.78, 5) is 11.4. The van der Waals surface area contributed by atoms with Crippen molar-refractivity contribution in [1.29, 1.82) is 0 Å². The van der Waals surface area contributed by atoms with Crippen molar-refractivity contribution >= 4 is 21.7 Å². The van der Waals surface area contributed by atoms with E-state index in [2.05, 4.69) is 37.7 Å². The number of nitrogens with zero attached hydrogens (tertiary/aromatic N) is 3. The number of hydrogen-bond acceptors (Lipinski definition) is 3. The van der Waals surface area contributed by atoms with Gasteiger partial charge in [0.2, 0.25) is 0 Å². The molecule has 2 unspecified atom stereocenters. The van der Waals surface area contributed by atoms with Gasteiger partial charge < -0.3 is 4.90 Å². The number of aryl methyl sites for hydroxylation is 1. The Morgan fingerprint density at radius 1 is 1.50 bits per heavy atom. The number of hydrogen-bond donors (Lipinski definition) is 0. The van der Waals surface area contributed by atoms with E-state index < -0.39 is 0 Å². The van der Waals surface area contributed by atoms with Crippen LogP contribution in [0.5, 0.6) is 0 Å². The minimum Gasteiger partial charge on any atom is -0.355 e. The van der Waals surface area contributed by atoms with Gasteiger partial charge in [0.05, 0.1) is 0 Å². The number of halogens is 1. The lowest BCUT2D eigenvalue weighted by Crippen LogP contribution is -2.21. The third kappa shape index (κ3) is 1.90. The predicted octanol–water partition coefficient (Wildman–Crippen LogP) is 2.00. The van der Waals surface area contributed by atoms with Crippen molar-refractivity contribution in [2.24, 2.45) is 5.92 Å². The van der Waals surface area contributed by atoms with Gasteiger partial charge in [-0.05, 0) is 18.9 Å². The van der Waals surface area contributed by atoms with Gasteiger partial charge >= 0.3 is 0 Å². The molecule has 0 aliphatic carbocycles. The van der Waals surface area contributed by atoms with Crippen LogP contribution in [0.1, 0.15) is 12.7 Å². The van der Waals surface area contributed by atoms with Gasteiger partial charge in [-0.25, -0.2) is 9.97 Å².